The number of aryl methyl sites for hydroxylation is 1. The van der Waals surface area contributed by atoms with Gasteiger partial charge < -0.3 is 9.84 Å². The van der Waals surface area contributed by atoms with Crippen molar-refractivity contribution in [1.82, 2.24) is 20.4 Å². The first-order valence-electron chi connectivity index (χ1n) is 6.60. The van der Waals surface area contributed by atoms with Gasteiger partial charge in [0.1, 0.15) is 5.75 Å². The van der Waals surface area contributed by atoms with Gasteiger partial charge in [-0.1, -0.05) is 5.21 Å². The Bertz CT molecular complexity index is 841. The molecule has 0 unspecified atom stereocenters. The van der Waals surface area contributed by atoms with Crippen LogP contribution in [0.3, 0.4) is 0 Å². The fourth-order valence-corrected chi connectivity index (χ4v) is 2.01. The van der Waals surface area contributed by atoms with Crippen LogP contribution in [0.25, 0.3) is 11.3 Å². The van der Waals surface area contributed by atoms with Gasteiger partial charge >= 0.3 is 5.97 Å². The molecule has 0 radical (unpaired) electrons. The molecular formula is C15H11FN4O3. The maximum Gasteiger partial charge on any atom is 0.362 e. The number of aromatic carboxylic acids is 1. The lowest BCUT2D eigenvalue weighted by molar-refractivity contribution is 0.0687. The molecule has 8 heteroatoms. The fraction of sp³-hybridized carbons (Fsp3) is 0.0667. The highest BCUT2D eigenvalue weighted by Gasteiger charge is 2.16. The van der Waals surface area contributed by atoms with Gasteiger partial charge in [-0.2, -0.15) is 4.39 Å². The molecule has 1 aromatic carbocycles. The number of nitrogens with one attached hydrogen (secondary N) is 1. The average Bonchev–Trinajstić information content (AvgIpc) is 2.95. The summed E-state index contributed by atoms with van der Waals surface area (Å²) in [4.78, 5) is 14.8. The van der Waals surface area contributed by atoms with E-state index >= 15 is 0 Å². The van der Waals surface area contributed by atoms with Crippen molar-refractivity contribution in [3.63, 3.8) is 0 Å². The minimum Gasteiger partial charge on any atom is -0.476 e. The van der Waals surface area contributed by atoms with E-state index in [9.17, 15) is 9.18 Å². The van der Waals surface area contributed by atoms with Crippen molar-refractivity contribution in [2.24, 2.45) is 0 Å². The van der Waals surface area contributed by atoms with Crippen LogP contribution in [0.15, 0.2) is 36.4 Å². The molecule has 0 saturated carbocycles. The van der Waals surface area contributed by atoms with E-state index in [-0.39, 0.29) is 11.6 Å². The van der Waals surface area contributed by atoms with E-state index in [4.69, 9.17) is 9.84 Å². The number of pyridine rings is 1. The third kappa shape index (κ3) is 3.15. The summed E-state index contributed by atoms with van der Waals surface area (Å²) in [6.45, 7) is 1.78. The molecular weight excluding hydrogens is 303 g/mol. The van der Waals surface area contributed by atoms with Gasteiger partial charge in [-0.3, -0.25) is 0 Å². The number of rotatable bonds is 4. The molecule has 0 atom stereocenters. The van der Waals surface area contributed by atoms with E-state index in [0.29, 0.717) is 17.0 Å². The Hall–Kier alpha value is -3.29. The summed E-state index contributed by atoms with van der Waals surface area (Å²) in [5.41, 5.74) is 1.67. The highest BCUT2D eigenvalue weighted by molar-refractivity contribution is 5.87. The minimum atomic E-state index is -1.25. The summed E-state index contributed by atoms with van der Waals surface area (Å²) < 4.78 is 18.7. The second-order valence-electron chi connectivity index (χ2n) is 4.77. The lowest BCUT2D eigenvalue weighted by Crippen LogP contribution is -1.99. The first kappa shape index (κ1) is 14.6. The summed E-state index contributed by atoms with van der Waals surface area (Å²) in [5, 5.41) is 18.1. The summed E-state index contributed by atoms with van der Waals surface area (Å²) >= 11 is 0. The molecule has 2 N–H and O–H groups in total. The molecule has 2 aromatic heterocycles. The Morgan fingerprint density at radius 1 is 1.26 bits per heavy atom. The number of hydrogen-bond acceptors (Lipinski definition) is 5. The molecule has 116 valence electrons. The van der Waals surface area contributed by atoms with E-state index in [0.717, 1.165) is 5.56 Å². The number of aromatic nitrogens is 4. The highest BCUT2D eigenvalue weighted by Crippen LogP contribution is 2.25. The quantitative estimate of drug-likeness (QED) is 0.718. The van der Waals surface area contributed by atoms with E-state index in [2.05, 4.69) is 20.4 Å². The van der Waals surface area contributed by atoms with Crippen LogP contribution in [-0.4, -0.2) is 31.5 Å². The van der Waals surface area contributed by atoms with E-state index in [1.54, 1.807) is 37.3 Å². The predicted octanol–water partition coefficient (Wildman–Crippen LogP) is 2.80. The molecule has 0 fully saturated rings. The molecule has 0 aliphatic carbocycles. The molecule has 0 amide bonds. The van der Waals surface area contributed by atoms with Crippen molar-refractivity contribution in [3.05, 3.63) is 53.6 Å². The largest absolute Gasteiger partial charge is 0.476 e. The van der Waals surface area contributed by atoms with Gasteiger partial charge in [0.05, 0.1) is 5.69 Å². The Morgan fingerprint density at radius 2 is 2.00 bits per heavy atom. The molecule has 2 heterocycles. The first-order chi connectivity index (χ1) is 11.0. The Labute approximate surface area is 129 Å². The third-order valence-electron chi connectivity index (χ3n) is 3.03. The van der Waals surface area contributed by atoms with Gasteiger partial charge in [0.25, 0.3) is 5.88 Å². The predicted molar refractivity (Wildman–Crippen MR) is 77.8 cm³/mol. The van der Waals surface area contributed by atoms with Crippen molar-refractivity contribution in [3.8, 4) is 22.9 Å². The number of benzene rings is 1. The van der Waals surface area contributed by atoms with Gasteiger partial charge in [0.2, 0.25) is 11.6 Å². The van der Waals surface area contributed by atoms with E-state index < -0.39 is 11.9 Å². The summed E-state index contributed by atoms with van der Waals surface area (Å²) in [7, 11) is 0. The average molecular weight is 314 g/mol. The van der Waals surface area contributed by atoms with Gasteiger partial charge in [-0.05, 0) is 48.9 Å². The fourth-order valence-electron chi connectivity index (χ4n) is 2.01. The van der Waals surface area contributed by atoms with Crippen molar-refractivity contribution in [2.45, 2.75) is 6.92 Å². The zero-order valence-electron chi connectivity index (χ0n) is 11.9. The molecule has 0 spiro atoms. The highest BCUT2D eigenvalue weighted by atomic mass is 19.1. The monoisotopic (exact) mass is 314 g/mol. The second kappa shape index (κ2) is 5.84. The van der Waals surface area contributed by atoms with Crippen LogP contribution in [0, 0.1) is 12.9 Å². The topological polar surface area (TPSA) is 101 Å². The molecule has 0 aliphatic rings. The van der Waals surface area contributed by atoms with Gasteiger partial charge in [-0.15, -0.1) is 5.10 Å². The molecule has 7 nitrogen and oxygen atoms in total. The van der Waals surface area contributed by atoms with Gasteiger partial charge in [-0.25, -0.2) is 14.9 Å². The summed E-state index contributed by atoms with van der Waals surface area (Å²) in [6, 6.07) is 9.73. The Kier molecular flexibility index (Phi) is 3.71. The number of halogens is 1. The van der Waals surface area contributed by atoms with Crippen LogP contribution in [-0.2, 0) is 0 Å². The van der Waals surface area contributed by atoms with Crippen LogP contribution in [0.1, 0.15) is 16.1 Å². The first-order valence-corrected chi connectivity index (χ1v) is 6.60. The minimum absolute atomic E-state index is 0.0648. The number of carboxylic acids is 1. The number of aromatic amines is 1. The SMILES string of the molecule is Cc1cc(F)nc(-c2ccc(Oc3[nH]nnc3C(=O)O)cc2)c1. The molecule has 3 rings (SSSR count). The maximum absolute atomic E-state index is 13.4. The van der Waals surface area contributed by atoms with Crippen LogP contribution in [0.2, 0.25) is 0 Å². The molecule has 23 heavy (non-hydrogen) atoms. The molecule has 0 aliphatic heterocycles. The van der Waals surface area contributed by atoms with Crippen molar-refractivity contribution < 1.29 is 19.0 Å². The van der Waals surface area contributed by atoms with Crippen LogP contribution < -0.4 is 4.74 Å². The number of nitrogens with zero attached hydrogens (tertiary/aromatic N) is 3. The number of carboxylic acid groups (broad SMARTS) is 1. The zero-order chi connectivity index (χ0) is 16.4. The molecule has 0 saturated heterocycles. The van der Waals surface area contributed by atoms with Crippen molar-refractivity contribution >= 4 is 5.97 Å². The zero-order valence-corrected chi connectivity index (χ0v) is 11.9. The number of carbonyl (C=O) groups is 1. The molecule has 0 bridgehead atoms. The lowest BCUT2D eigenvalue weighted by Gasteiger charge is -2.06. The van der Waals surface area contributed by atoms with Crippen molar-refractivity contribution in [1.29, 1.82) is 0 Å². The normalized spacial score (nSPS) is 10.5. The molecule has 3 aromatic rings. The number of hydrogen-bond donors (Lipinski definition) is 2. The van der Waals surface area contributed by atoms with Gasteiger partial charge in [0, 0.05) is 5.56 Å². The standard InChI is InChI=1S/C15H11FN4O3/c1-8-6-11(17-12(16)7-8)9-2-4-10(5-3-9)23-14-13(15(21)22)18-20-19-14/h2-7H,1H3,(H,21,22)(H,18,19,20). The lowest BCUT2D eigenvalue weighted by atomic mass is 10.1. The number of H-pyrrole nitrogens is 1. The Morgan fingerprint density at radius 3 is 2.65 bits per heavy atom. The summed E-state index contributed by atoms with van der Waals surface area (Å²) in [5.74, 6) is -1.47. The summed E-state index contributed by atoms with van der Waals surface area (Å²) in [6.07, 6.45) is 0. The Balaban J connectivity index is 1.84. The second-order valence-corrected chi connectivity index (χ2v) is 4.77. The van der Waals surface area contributed by atoms with Crippen LogP contribution in [0.5, 0.6) is 11.6 Å². The van der Waals surface area contributed by atoms with E-state index in [1.807, 2.05) is 0 Å². The van der Waals surface area contributed by atoms with Crippen LogP contribution in [0.4, 0.5) is 4.39 Å². The van der Waals surface area contributed by atoms with E-state index in [1.165, 1.54) is 6.07 Å². The smallest absolute Gasteiger partial charge is 0.362 e. The third-order valence-corrected chi connectivity index (χ3v) is 3.03. The van der Waals surface area contributed by atoms with Crippen molar-refractivity contribution in [2.75, 3.05) is 0 Å². The van der Waals surface area contributed by atoms with Gasteiger partial charge in [0.15, 0.2) is 0 Å². The number of ether oxygens (including phenoxy) is 1. The van der Waals surface area contributed by atoms with Crippen LogP contribution >= 0.6 is 0 Å². The maximum atomic E-state index is 13.4.